The van der Waals surface area contributed by atoms with Gasteiger partial charge in [0.2, 0.25) is 11.0 Å². The second-order valence-electron chi connectivity index (χ2n) is 6.57. The van der Waals surface area contributed by atoms with Gasteiger partial charge >= 0.3 is 0 Å². The van der Waals surface area contributed by atoms with Crippen LogP contribution in [0.25, 0.3) is 32.9 Å². The molecule has 0 aliphatic carbocycles. The fourth-order valence-electron chi connectivity index (χ4n) is 3.82. The van der Waals surface area contributed by atoms with Crippen molar-refractivity contribution in [3.63, 3.8) is 0 Å². The average Bonchev–Trinajstić information content (AvgIpc) is 2.66. The van der Waals surface area contributed by atoms with Gasteiger partial charge in [0.1, 0.15) is 6.54 Å². The van der Waals surface area contributed by atoms with E-state index in [2.05, 4.69) is 103 Å². The highest BCUT2D eigenvalue weighted by molar-refractivity contribution is 6.09. The number of pyridine rings is 1. The molecule has 0 unspecified atom stereocenters. The molecular weight excluding hydrogens is 304 g/mol. The lowest BCUT2D eigenvalue weighted by Gasteiger charge is -2.19. The van der Waals surface area contributed by atoms with Gasteiger partial charge < -0.3 is 4.90 Å². The van der Waals surface area contributed by atoms with Crippen molar-refractivity contribution in [3.8, 4) is 11.1 Å². The number of fused-ring (bicyclic) bond motifs is 2. The Bertz CT molecular complexity index is 1010. The van der Waals surface area contributed by atoms with Crippen LogP contribution in [0, 0.1) is 0 Å². The summed E-state index contributed by atoms with van der Waals surface area (Å²) in [5.74, 6) is 0. The van der Waals surface area contributed by atoms with E-state index < -0.39 is 0 Å². The quantitative estimate of drug-likeness (QED) is 0.378. The largest absolute Gasteiger partial charge is 0.377 e. The van der Waals surface area contributed by atoms with Gasteiger partial charge in [-0.3, -0.25) is 0 Å². The van der Waals surface area contributed by atoms with Crippen molar-refractivity contribution >= 4 is 27.5 Å². The van der Waals surface area contributed by atoms with Crippen LogP contribution in [-0.4, -0.2) is 14.1 Å². The van der Waals surface area contributed by atoms with Crippen LogP contribution in [0.4, 0.5) is 5.69 Å². The molecular formula is C23H23N2+. The van der Waals surface area contributed by atoms with Crippen LogP contribution in [0.5, 0.6) is 0 Å². The second-order valence-corrected chi connectivity index (χ2v) is 6.57. The van der Waals surface area contributed by atoms with E-state index in [0.717, 1.165) is 6.54 Å². The van der Waals surface area contributed by atoms with Crippen molar-refractivity contribution in [1.82, 2.24) is 0 Å². The van der Waals surface area contributed by atoms with Crippen LogP contribution < -0.4 is 9.47 Å². The predicted octanol–water partition coefficient (Wildman–Crippen LogP) is 5.03. The number of rotatable bonds is 3. The Labute approximate surface area is 149 Å². The lowest BCUT2D eigenvalue weighted by atomic mass is 9.94. The molecule has 0 atom stereocenters. The molecule has 0 N–H and O–H groups in total. The molecule has 25 heavy (non-hydrogen) atoms. The first kappa shape index (κ1) is 15.6. The molecule has 2 heteroatoms. The minimum atomic E-state index is 0.955. The standard InChI is InChI=1S/C23H23N2/c1-4-25-21-15-9-6-12-18(21)23(19-13-7-10-16-22(19)25)17-11-5-8-14-20(17)24(2)3/h5-16H,4H2,1-3H3/q+1. The zero-order chi connectivity index (χ0) is 17.4. The zero-order valence-electron chi connectivity index (χ0n) is 15.0. The number of hydrogen-bond acceptors (Lipinski definition) is 1. The van der Waals surface area contributed by atoms with E-state index in [0.29, 0.717) is 0 Å². The number of anilines is 1. The number of benzene rings is 3. The maximum absolute atomic E-state index is 2.41. The number of hydrogen-bond donors (Lipinski definition) is 0. The van der Waals surface area contributed by atoms with Crippen molar-refractivity contribution in [2.24, 2.45) is 0 Å². The summed E-state index contributed by atoms with van der Waals surface area (Å²) in [7, 11) is 4.22. The van der Waals surface area contributed by atoms with Crippen LogP contribution in [-0.2, 0) is 6.54 Å². The number of aryl methyl sites for hydroxylation is 1. The monoisotopic (exact) mass is 327 g/mol. The second kappa shape index (κ2) is 6.21. The van der Waals surface area contributed by atoms with Gasteiger partial charge in [-0.25, -0.2) is 0 Å². The smallest absolute Gasteiger partial charge is 0.213 e. The van der Waals surface area contributed by atoms with Gasteiger partial charge in [-0.2, -0.15) is 4.57 Å². The highest BCUT2D eigenvalue weighted by atomic mass is 15.1. The van der Waals surface area contributed by atoms with E-state index in [4.69, 9.17) is 0 Å². The van der Waals surface area contributed by atoms with Gasteiger partial charge in [-0.05, 0) is 25.1 Å². The Morgan fingerprint density at radius 3 is 1.80 bits per heavy atom. The molecule has 0 saturated heterocycles. The third-order valence-corrected chi connectivity index (χ3v) is 4.90. The number of nitrogens with zero attached hydrogens (tertiary/aromatic N) is 2. The third kappa shape index (κ3) is 2.45. The first-order valence-corrected chi connectivity index (χ1v) is 8.82. The molecule has 0 fully saturated rings. The molecule has 0 saturated carbocycles. The molecule has 3 aromatic carbocycles. The van der Waals surface area contributed by atoms with Gasteiger partial charge in [-0.1, -0.05) is 42.5 Å². The van der Waals surface area contributed by atoms with E-state index in [1.165, 1.54) is 38.6 Å². The van der Waals surface area contributed by atoms with E-state index in [-0.39, 0.29) is 0 Å². The van der Waals surface area contributed by atoms with Crippen molar-refractivity contribution in [2.75, 3.05) is 19.0 Å². The van der Waals surface area contributed by atoms with Gasteiger partial charge in [0, 0.05) is 43.0 Å². The fraction of sp³-hybridized carbons (Fsp3) is 0.174. The van der Waals surface area contributed by atoms with Crippen molar-refractivity contribution in [2.45, 2.75) is 13.5 Å². The van der Waals surface area contributed by atoms with Crippen molar-refractivity contribution in [1.29, 1.82) is 0 Å². The summed E-state index contributed by atoms with van der Waals surface area (Å²) in [5, 5.41) is 2.61. The minimum absolute atomic E-state index is 0.955. The molecule has 0 radical (unpaired) electrons. The highest BCUT2D eigenvalue weighted by Gasteiger charge is 2.21. The van der Waals surface area contributed by atoms with Gasteiger partial charge in [-0.15, -0.1) is 0 Å². The maximum Gasteiger partial charge on any atom is 0.213 e. The summed E-state index contributed by atoms with van der Waals surface area (Å²) >= 11 is 0. The Kier molecular flexibility index (Phi) is 3.89. The van der Waals surface area contributed by atoms with E-state index in [1.807, 2.05) is 0 Å². The normalized spacial score (nSPS) is 11.2. The molecule has 0 bridgehead atoms. The van der Waals surface area contributed by atoms with Crippen LogP contribution in [0.2, 0.25) is 0 Å². The van der Waals surface area contributed by atoms with E-state index >= 15 is 0 Å². The summed E-state index contributed by atoms with van der Waals surface area (Å²) in [6.07, 6.45) is 0. The summed E-state index contributed by atoms with van der Waals surface area (Å²) in [5.41, 5.74) is 6.41. The topological polar surface area (TPSA) is 7.12 Å². The summed E-state index contributed by atoms with van der Waals surface area (Å²) in [6, 6.07) is 26.2. The van der Waals surface area contributed by atoms with Crippen LogP contribution in [0.1, 0.15) is 6.92 Å². The van der Waals surface area contributed by atoms with Crippen molar-refractivity contribution in [3.05, 3.63) is 72.8 Å². The molecule has 1 aromatic heterocycles. The minimum Gasteiger partial charge on any atom is -0.377 e. The summed E-state index contributed by atoms with van der Waals surface area (Å²) in [4.78, 5) is 2.19. The Morgan fingerprint density at radius 1 is 0.720 bits per heavy atom. The lowest BCUT2D eigenvalue weighted by molar-refractivity contribution is -0.641. The Hall–Kier alpha value is -2.87. The summed E-state index contributed by atoms with van der Waals surface area (Å²) in [6.45, 7) is 3.17. The molecule has 124 valence electrons. The molecule has 0 spiro atoms. The first-order valence-electron chi connectivity index (χ1n) is 8.82. The number of aromatic nitrogens is 1. The molecule has 0 aliphatic heterocycles. The average molecular weight is 327 g/mol. The predicted molar refractivity (Wildman–Crippen MR) is 107 cm³/mol. The number of para-hydroxylation sites is 3. The summed E-state index contributed by atoms with van der Waals surface area (Å²) < 4.78 is 2.41. The lowest BCUT2D eigenvalue weighted by Crippen LogP contribution is -2.34. The van der Waals surface area contributed by atoms with Crippen LogP contribution >= 0.6 is 0 Å². The molecule has 0 amide bonds. The third-order valence-electron chi connectivity index (χ3n) is 4.90. The van der Waals surface area contributed by atoms with Gasteiger partial charge in [0.25, 0.3) is 0 Å². The Balaban J connectivity index is 2.24. The zero-order valence-corrected chi connectivity index (χ0v) is 15.0. The van der Waals surface area contributed by atoms with Crippen LogP contribution in [0.15, 0.2) is 72.8 Å². The molecule has 1 heterocycles. The van der Waals surface area contributed by atoms with Crippen LogP contribution in [0.3, 0.4) is 0 Å². The Morgan fingerprint density at radius 2 is 1.24 bits per heavy atom. The van der Waals surface area contributed by atoms with Gasteiger partial charge in [0.15, 0.2) is 0 Å². The van der Waals surface area contributed by atoms with Gasteiger partial charge in [0.05, 0.1) is 10.8 Å². The SMILES string of the molecule is CC[n+]1c2ccccc2c(-c2ccccc2N(C)C)c2ccccc21. The molecule has 4 rings (SSSR count). The molecule has 4 aromatic rings. The van der Waals surface area contributed by atoms with Crippen molar-refractivity contribution < 1.29 is 4.57 Å². The maximum atomic E-state index is 2.41. The fourth-order valence-corrected chi connectivity index (χ4v) is 3.82. The van der Waals surface area contributed by atoms with E-state index in [9.17, 15) is 0 Å². The first-order chi connectivity index (χ1) is 12.2. The van der Waals surface area contributed by atoms with E-state index in [1.54, 1.807) is 0 Å². The molecule has 0 aliphatic rings. The highest BCUT2D eigenvalue weighted by Crippen LogP contribution is 2.38. The molecule has 2 nitrogen and oxygen atoms in total.